The third kappa shape index (κ3) is 5.17. The monoisotopic (exact) mass is 521 g/mol. The van der Waals surface area contributed by atoms with Crippen molar-refractivity contribution in [1.29, 1.82) is 5.26 Å². The highest BCUT2D eigenvalue weighted by molar-refractivity contribution is 6.04. The van der Waals surface area contributed by atoms with Crippen molar-refractivity contribution in [3.8, 4) is 17.7 Å². The smallest absolute Gasteiger partial charge is 0.255 e. The molecular formula is C29H27N7O3. The Morgan fingerprint density at radius 1 is 1.10 bits per heavy atom. The molecule has 1 aliphatic heterocycles. The van der Waals surface area contributed by atoms with Crippen molar-refractivity contribution in [2.45, 2.75) is 24.7 Å². The Bertz CT molecular complexity index is 1620. The van der Waals surface area contributed by atoms with E-state index in [1.54, 1.807) is 59.2 Å². The quantitative estimate of drug-likeness (QED) is 0.373. The number of anilines is 2. The van der Waals surface area contributed by atoms with Gasteiger partial charge < -0.3 is 20.3 Å². The summed E-state index contributed by atoms with van der Waals surface area (Å²) in [4.78, 5) is 32.0. The van der Waals surface area contributed by atoms with Gasteiger partial charge in [0.25, 0.3) is 5.91 Å². The van der Waals surface area contributed by atoms with Crippen LogP contribution in [-0.4, -0.2) is 51.4 Å². The highest BCUT2D eigenvalue weighted by Crippen LogP contribution is 2.47. The standard InChI is InChI=1S/C29H27N7O3/c1-35-13-10-20(16-35)28(38)33-24-17-36-25(32-24)8-9-26(34-36)39-23-7-3-6-22(15-23)31-27(37)19-4-2-5-21(14-19)29(18-30)11-12-29/h2-9,14-15,17,20H,10-13,16H2,1H3,(H,31,37)(H,33,38). The summed E-state index contributed by atoms with van der Waals surface area (Å²) in [5.41, 5.74) is 2.07. The molecule has 1 atom stereocenters. The number of fused-ring (bicyclic) bond motifs is 1. The third-order valence-electron chi connectivity index (χ3n) is 7.26. The highest BCUT2D eigenvalue weighted by atomic mass is 16.5. The van der Waals surface area contributed by atoms with E-state index in [-0.39, 0.29) is 17.7 Å². The van der Waals surface area contributed by atoms with E-state index in [0.29, 0.717) is 34.3 Å². The molecule has 2 amide bonds. The zero-order chi connectivity index (χ0) is 27.0. The molecule has 2 aliphatic rings. The van der Waals surface area contributed by atoms with Gasteiger partial charge in [-0.15, -0.1) is 5.10 Å². The van der Waals surface area contributed by atoms with Gasteiger partial charge in [-0.1, -0.05) is 18.2 Å². The van der Waals surface area contributed by atoms with E-state index >= 15 is 0 Å². The fourth-order valence-corrected chi connectivity index (χ4v) is 4.87. The van der Waals surface area contributed by atoms with Crippen LogP contribution < -0.4 is 15.4 Å². The number of nitrogens with zero attached hydrogens (tertiary/aromatic N) is 5. The molecule has 2 aromatic carbocycles. The molecule has 10 heteroatoms. The van der Waals surface area contributed by atoms with Gasteiger partial charge in [-0.25, -0.2) is 9.50 Å². The van der Waals surface area contributed by atoms with Gasteiger partial charge in [0.2, 0.25) is 11.8 Å². The summed E-state index contributed by atoms with van der Waals surface area (Å²) < 4.78 is 7.50. The second-order valence-electron chi connectivity index (χ2n) is 10.2. The van der Waals surface area contributed by atoms with Crippen molar-refractivity contribution in [3.63, 3.8) is 0 Å². The van der Waals surface area contributed by atoms with Gasteiger partial charge >= 0.3 is 0 Å². The number of imidazole rings is 1. The lowest BCUT2D eigenvalue weighted by Crippen LogP contribution is -2.25. The Hall–Kier alpha value is -4.75. The average Bonchev–Trinajstić information content (AvgIpc) is 3.46. The number of ether oxygens (including phenoxy) is 1. The van der Waals surface area contributed by atoms with Crippen molar-refractivity contribution in [1.82, 2.24) is 19.5 Å². The molecule has 196 valence electrons. The second-order valence-corrected chi connectivity index (χ2v) is 10.2. The topological polar surface area (TPSA) is 125 Å². The molecular weight excluding hydrogens is 494 g/mol. The number of rotatable bonds is 7. The van der Waals surface area contributed by atoms with E-state index in [1.807, 2.05) is 19.2 Å². The van der Waals surface area contributed by atoms with Gasteiger partial charge in [-0.2, -0.15) is 5.26 Å². The summed E-state index contributed by atoms with van der Waals surface area (Å²) in [5, 5.41) is 19.7. The summed E-state index contributed by atoms with van der Waals surface area (Å²) in [6.45, 7) is 1.65. The van der Waals surface area contributed by atoms with Crippen molar-refractivity contribution >= 4 is 29.0 Å². The predicted molar refractivity (Wildman–Crippen MR) is 145 cm³/mol. The number of carbonyl (C=O) groups is 2. The molecule has 1 saturated heterocycles. The summed E-state index contributed by atoms with van der Waals surface area (Å²) in [5.74, 6) is 0.916. The van der Waals surface area contributed by atoms with Gasteiger partial charge in [0.15, 0.2) is 11.5 Å². The molecule has 2 fully saturated rings. The molecule has 3 heterocycles. The lowest BCUT2D eigenvalue weighted by molar-refractivity contribution is -0.119. The maximum absolute atomic E-state index is 12.9. The first-order chi connectivity index (χ1) is 18.9. The number of hydrogen-bond acceptors (Lipinski definition) is 7. The van der Waals surface area contributed by atoms with Crippen molar-refractivity contribution in [3.05, 3.63) is 78.0 Å². The van der Waals surface area contributed by atoms with Crippen LogP contribution in [0.1, 0.15) is 35.2 Å². The average molecular weight is 522 g/mol. The second kappa shape index (κ2) is 9.85. The minimum absolute atomic E-state index is 0.0399. The molecule has 0 radical (unpaired) electrons. The summed E-state index contributed by atoms with van der Waals surface area (Å²) >= 11 is 0. The van der Waals surface area contributed by atoms with Crippen LogP contribution in [0.25, 0.3) is 5.65 Å². The fraction of sp³-hybridized carbons (Fsp3) is 0.276. The van der Waals surface area contributed by atoms with Crippen LogP contribution in [0.3, 0.4) is 0 Å². The van der Waals surface area contributed by atoms with Crippen LogP contribution in [0.15, 0.2) is 66.9 Å². The van der Waals surface area contributed by atoms with Crippen molar-refractivity contribution in [2.24, 2.45) is 5.92 Å². The van der Waals surface area contributed by atoms with Crippen LogP contribution >= 0.6 is 0 Å². The number of amides is 2. The predicted octanol–water partition coefficient (Wildman–Crippen LogP) is 4.22. The summed E-state index contributed by atoms with van der Waals surface area (Å²) in [6, 6.07) is 20.1. The molecule has 0 spiro atoms. The maximum atomic E-state index is 12.9. The maximum Gasteiger partial charge on any atom is 0.255 e. The van der Waals surface area contributed by atoms with Crippen LogP contribution in [0.4, 0.5) is 11.5 Å². The number of nitriles is 1. The molecule has 0 bridgehead atoms. The molecule has 1 unspecified atom stereocenters. The van der Waals surface area contributed by atoms with Gasteiger partial charge in [-0.05, 0) is 68.8 Å². The van der Waals surface area contributed by atoms with E-state index in [0.717, 1.165) is 37.9 Å². The van der Waals surface area contributed by atoms with Crippen molar-refractivity contribution in [2.75, 3.05) is 30.8 Å². The Morgan fingerprint density at radius 3 is 2.72 bits per heavy atom. The largest absolute Gasteiger partial charge is 0.438 e. The molecule has 6 rings (SSSR count). The van der Waals surface area contributed by atoms with Gasteiger partial charge in [-0.3, -0.25) is 9.59 Å². The summed E-state index contributed by atoms with van der Waals surface area (Å²) in [7, 11) is 2.01. The number of hydrogen-bond donors (Lipinski definition) is 2. The molecule has 2 aromatic heterocycles. The number of aromatic nitrogens is 3. The van der Waals surface area contributed by atoms with Gasteiger partial charge in [0, 0.05) is 29.9 Å². The lowest BCUT2D eigenvalue weighted by atomic mass is 9.96. The van der Waals surface area contributed by atoms with Gasteiger partial charge in [0.05, 0.1) is 23.6 Å². The minimum atomic E-state index is -0.452. The Balaban J connectivity index is 1.12. The van der Waals surface area contributed by atoms with Crippen LogP contribution in [0, 0.1) is 17.2 Å². The van der Waals surface area contributed by atoms with Crippen LogP contribution in [0.2, 0.25) is 0 Å². The Labute approximate surface area is 225 Å². The number of benzene rings is 2. The first kappa shape index (κ1) is 24.6. The SMILES string of the molecule is CN1CCC(C(=O)Nc2cn3nc(Oc4cccc(NC(=O)c5cccc(C6(C#N)CC6)c5)c4)ccc3n2)C1. The van der Waals surface area contributed by atoms with E-state index in [2.05, 4.69) is 31.7 Å². The van der Waals surface area contributed by atoms with E-state index in [1.165, 1.54) is 0 Å². The molecule has 2 N–H and O–H groups in total. The van der Waals surface area contributed by atoms with Crippen LogP contribution in [-0.2, 0) is 10.2 Å². The number of nitrogens with one attached hydrogen (secondary N) is 2. The van der Waals surface area contributed by atoms with Crippen LogP contribution in [0.5, 0.6) is 11.6 Å². The Kier molecular flexibility index (Phi) is 6.21. The molecule has 10 nitrogen and oxygen atoms in total. The molecule has 4 aromatic rings. The zero-order valence-corrected chi connectivity index (χ0v) is 21.4. The Morgan fingerprint density at radius 2 is 1.95 bits per heavy atom. The van der Waals surface area contributed by atoms with E-state index in [9.17, 15) is 14.9 Å². The number of carbonyl (C=O) groups excluding carboxylic acids is 2. The zero-order valence-electron chi connectivity index (χ0n) is 21.4. The molecule has 1 saturated carbocycles. The van der Waals surface area contributed by atoms with E-state index < -0.39 is 5.41 Å². The minimum Gasteiger partial charge on any atom is -0.438 e. The highest BCUT2D eigenvalue weighted by Gasteiger charge is 2.45. The third-order valence-corrected chi connectivity index (χ3v) is 7.26. The lowest BCUT2D eigenvalue weighted by Gasteiger charge is -2.11. The first-order valence-electron chi connectivity index (χ1n) is 12.9. The first-order valence-corrected chi connectivity index (χ1v) is 12.9. The fourth-order valence-electron chi connectivity index (χ4n) is 4.87. The number of likely N-dealkylation sites (tertiary alicyclic amines) is 1. The molecule has 39 heavy (non-hydrogen) atoms. The van der Waals surface area contributed by atoms with Crippen molar-refractivity contribution < 1.29 is 14.3 Å². The van der Waals surface area contributed by atoms with E-state index in [4.69, 9.17) is 4.74 Å². The van der Waals surface area contributed by atoms with Gasteiger partial charge in [0.1, 0.15) is 5.75 Å². The normalized spacial score (nSPS) is 17.9. The molecule has 1 aliphatic carbocycles. The summed E-state index contributed by atoms with van der Waals surface area (Å²) in [6.07, 6.45) is 4.13.